The van der Waals surface area contributed by atoms with Gasteiger partial charge in [0.15, 0.2) is 0 Å². The van der Waals surface area contributed by atoms with Gasteiger partial charge in [-0.3, -0.25) is 9.00 Å². The van der Waals surface area contributed by atoms with Gasteiger partial charge in [0.1, 0.15) is 5.78 Å². The Morgan fingerprint density at radius 2 is 1.92 bits per heavy atom. The molecule has 4 heteroatoms. The minimum atomic E-state index is -1.19. The lowest BCUT2D eigenvalue weighted by molar-refractivity contribution is -0.114. The predicted octanol–water partition coefficient (Wildman–Crippen LogP) is 2.15. The van der Waals surface area contributed by atoms with Gasteiger partial charge < -0.3 is 0 Å². The molecule has 0 heterocycles. The van der Waals surface area contributed by atoms with Gasteiger partial charge in [-0.1, -0.05) is 15.9 Å². The SMILES string of the molecule is CC(=O)C[S@@](=O)c1ccc(Br)cc1. The average Bonchev–Trinajstić information content (AvgIpc) is 2.04. The number of benzene rings is 1. The molecule has 1 rings (SSSR count). The van der Waals surface area contributed by atoms with Crippen LogP contribution < -0.4 is 0 Å². The lowest BCUT2D eigenvalue weighted by atomic mass is 10.4. The Morgan fingerprint density at radius 1 is 1.38 bits per heavy atom. The molecule has 0 amide bonds. The first-order chi connectivity index (χ1) is 6.09. The summed E-state index contributed by atoms with van der Waals surface area (Å²) in [7, 11) is -1.19. The van der Waals surface area contributed by atoms with Gasteiger partial charge in [-0.2, -0.15) is 0 Å². The molecule has 1 aromatic rings. The van der Waals surface area contributed by atoms with E-state index in [0.717, 1.165) is 4.47 Å². The van der Waals surface area contributed by atoms with E-state index in [9.17, 15) is 9.00 Å². The van der Waals surface area contributed by atoms with Crippen molar-refractivity contribution in [3.05, 3.63) is 28.7 Å². The van der Waals surface area contributed by atoms with E-state index in [-0.39, 0.29) is 11.5 Å². The van der Waals surface area contributed by atoms with Crippen LogP contribution in [0.15, 0.2) is 33.6 Å². The molecule has 0 spiro atoms. The predicted molar refractivity (Wildman–Crippen MR) is 56.1 cm³/mol. The van der Waals surface area contributed by atoms with Gasteiger partial charge in [-0.25, -0.2) is 0 Å². The zero-order valence-corrected chi connectivity index (χ0v) is 9.52. The van der Waals surface area contributed by atoms with Crippen LogP contribution in [0, 0.1) is 0 Å². The van der Waals surface area contributed by atoms with Gasteiger partial charge in [0, 0.05) is 9.37 Å². The van der Waals surface area contributed by atoms with Crippen LogP contribution in [0.3, 0.4) is 0 Å². The van der Waals surface area contributed by atoms with E-state index < -0.39 is 10.8 Å². The van der Waals surface area contributed by atoms with E-state index in [2.05, 4.69) is 15.9 Å². The van der Waals surface area contributed by atoms with E-state index >= 15 is 0 Å². The van der Waals surface area contributed by atoms with Crippen molar-refractivity contribution < 1.29 is 9.00 Å². The van der Waals surface area contributed by atoms with Crippen molar-refractivity contribution in [3.63, 3.8) is 0 Å². The highest BCUT2D eigenvalue weighted by atomic mass is 79.9. The minimum absolute atomic E-state index is 0.0544. The van der Waals surface area contributed by atoms with E-state index in [1.165, 1.54) is 6.92 Å². The number of Topliss-reactive ketones (excluding diaryl/α,β-unsaturated/α-hetero) is 1. The Morgan fingerprint density at radius 3 is 2.38 bits per heavy atom. The fourth-order valence-corrected chi connectivity index (χ4v) is 2.09. The van der Waals surface area contributed by atoms with Gasteiger partial charge in [0.2, 0.25) is 0 Å². The third-order valence-electron chi connectivity index (χ3n) is 1.41. The molecule has 13 heavy (non-hydrogen) atoms. The largest absolute Gasteiger partial charge is 0.299 e. The van der Waals surface area contributed by atoms with Crippen LogP contribution in [0.1, 0.15) is 6.92 Å². The molecule has 0 saturated carbocycles. The van der Waals surface area contributed by atoms with Crippen LogP contribution in [0.5, 0.6) is 0 Å². The molecule has 0 aliphatic carbocycles. The third kappa shape index (κ3) is 3.40. The summed E-state index contributed by atoms with van der Waals surface area (Å²) in [4.78, 5) is 11.4. The highest BCUT2D eigenvalue weighted by molar-refractivity contribution is 9.10. The number of halogens is 1. The Labute approximate surface area is 87.9 Å². The molecule has 0 aromatic heterocycles. The van der Waals surface area contributed by atoms with Crippen molar-refractivity contribution in [2.75, 3.05) is 5.75 Å². The summed E-state index contributed by atoms with van der Waals surface area (Å²) in [5, 5.41) is 0. The Kier molecular flexibility index (Phi) is 3.81. The lowest BCUT2D eigenvalue weighted by Crippen LogP contribution is -2.06. The fraction of sp³-hybridized carbons (Fsp3) is 0.222. The van der Waals surface area contributed by atoms with Crippen molar-refractivity contribution in [1.29, 1.82) is 0 Å². The van der Waals surface area contributed by atoms with Crippen LogP contribution in [0.4, 0.5) is 0 Å². The zero-order valence-electron chi connectivity index (χ0n) is 7.12. The molecule has 0 saturated heterocycles. The Balaban J connectivity index is 2.78. The van der Waals surface area contributed by atoms with Gasteiger partial charge in [-0.15, -0.1) is 0 Å². The summed E-state index contributed by atoms with van der Waals surface area (Å²) < 4.78 is 12.4. The second-order valence-corrected chi connectivity index (χ2v) is 5.01. The zero-order chi connectivity index (χ0) is 9.84. The summed E-state index contributed by atoms with van der Waals surface area (Å²) in [6.45, 7) is 1.44. The first kappa shape index (κ1) is 10.6. The second kappa shape index (κ2) is 4.67. The number of carbonyl (C=O) groups excluding carboxylic acids is 1. The van der Waals surface area contributed by atoms with Crippen LogP contribution in [-0.4, -0.2) is 15.7 Å². The van der Waals surface area contributed by atoms with Crippen molar-refractivity contribution in [1.82, 2.24) is 0 Å². The molecule has 0 aliphatic heterocycles. The summed E-state index contributed by atoms with van der Waals surface area (Å²) in [6.07, 6.45) is 0. The molecule has 0 fully saturated rings. The van der Waals surface area contributed by atoms with Crippen molar-refractivity contribution in [3.8, 4) is 0 Å². The second-order valence-electron chi connectivity index (χ2n) is 2.65. The van der Waals surface area contributed by atoms with Gasteiger partial charge in [-0.05, 0) is 31.2 Å². The molecule has 0 unspecified atom stereocenters. The van der Waals surface area contributed by atoms with Crippen molar-refractivity contribution >= 4 is 32.5 Å². The fourth-order valence-electron chi connectivity index (χ4n) is 0.854. The first-order valence-electron chi connectivity index (χ1n) is 3.73. The molecule has 1 aromatic carbocycles. The van der Waals surface area contributed by atoms with Crippen molar-refractivity contribution in [2.24, 2.45) is 0 Å². The van der Waals surface area contributed by atoms with Gasteiger partial charge in [0.05, 0.1) is 16.6 Å². The Hall–Kier alpha value is -0.480. The lowest BCUT2D eigenvalue weighted by Gasteiger charge is -1.98. The van der Waals surface area contributed by atoms with E-state index in [0.29, 0.717) is 4.90 Å². The minimum Gasteiger partial charge on any atom is -0.299 e. The van der Waals surface area contributed by atoms with E-state index in [4.69, 9.17) is 0 Å². The molecule has 1 atom stereocenters. The molecule has 2 nitrogen and oxygen atoms in total. The average molecular weight is 261 g/mol. The molecule has 0 N–H and O–H groups in total. The number of rotatable bonds is 3. The topological polar surface area (TPSA) is 34.1 Å². The molecule has 0 radical (unpaired) electrons. The number of hydrogen-bond donors (Lipinski definition) is 0. The van der Waals surface area contributed by atoms with Gasteiger partial charge >= 0.3 is 0 Å². The normalized spacial score (nSPS) is 12.5. The molecule has 0 bridgehead atoms. The van der Waals surface area contributed by atoms with Gasteiger partial charge in [0.25, 0.3) is 0 Å². The molecule has 0 aliphatic rings. The highest BCUT2D eigenvalue weighted by Crippen LogP contribution is 2.13. The first-order valence-corrected chi connectivity index (χ1v) is 5.84. The maximum absolute atomic E-state index is 11.4. The third-order valence-corrected chi connectivity index (χ3v) is 3.41. The van der Waals surface area contributed by atoms with Crippen molar-refractivity contribution in [2.45, 2.75) is 11.8 Å². The summed E-state index contributed by atoms with van der Waals surface area (Å²) in [6, 6.07) is 7.13. The van der Waals surface area contributed by atoms with Crippen LogP contribution in [0.25, 0.3) is 0 Å². The standard InChI is InChI=1S/C9H9BrO2S/c1-7(11)6-13(12)9-4-2-8(10)3-5-9/h2-5H,6H2,1H3/t13-/m1/s1. The maximum atomic E-state index is 11.4. The molecule has 70 valence electrons. The monoisotopic (exact) mass is 260 g/mol. The summed E-state index contributed by atoms with van der Waals surface area (Å²) >= 11 is 3.28. The maximum Gasteiger partial charge on any atom is 0.142 e. The van der Waals surface area contributed by atoms with Crippen LogP contribution >= 0.6 is 15.9 Å². The molecular weight excluding hydrogens is 252 g/mol. The smallest absolute Gasteiger partial charge is 0.142 e. The van der Waals surface area contributed by atoms with Crippen LogP contribution in [0.2, 0.25) is 0 Å². The summed E-state index contributed by atoms with van der Waals surface area (Å²) in [5.41, 5.74) is 0. The quantitative estimate of drug-likeness (QED) is 0.835. The van der Waals surface area contributed by atoms with E-state index in [1.54, 1.807) is 12.1 Å². The number of hydrogen-bond acceptors (Lipinski definition) is 2. The highest BCUT2D eigenvalue weighted by Gasteiger charge is 2.05. The van der Waals surface area contributed by atoms with E-state index in [1.807, 2.05) is 12.1 Å². The number of carbonyl (C=O) groups is 1. The molecular formula is C9H9BrO2S. The Bertz CT molecular complexity index is 332. The summed E-state index contributed by atoms with van der Waals surface area (Å²) in [5.74, 6) is 0.0444. The van der Waals surface area contributed by atoms with Crippen LogP contribution in [-0.2, 0) is 15.6 Å². The number of ketones is 1.